The van der Waals surface area contributed by atoms with Crippen LogP contribution in [-0.4, -0.2) is 61.6 Å². The van der Waals surface area contributed by atoms with Crippen LogP contribution in [0.2, 0.25) is 0 Å². The molecule has 0 aromatic carbocycles. The van der Waals surface area contributed by atoms with E-state index < -0.39 is 53.7 Å². The van der Waals surface area contributed by atoms with Crippen molar-refractivity contribution in [3.8, 4) is 11.8 Å². The average molecular weight is 563 g/mol. The van der Waals surface area contributed by atoms with Crippen LogP contribution in [0.25, 0.3) is 0 Å². The highest BCUT2D eigenvalue weighted by Crippen LogP contribution is 2.66. The number of hydrogen-bond donors (Lipinski definition) is 6. The Hall–Kier alpha value is -1.47. The monoisotopic (exact) mass is 563 g/mol. The summed E-state index contributed by atoms with van der Waals surface area (Å²) < 4.78 is 57.3. The quantitative estimate of drug-likeness (QED) is 0.102. The topological polar surface area (TPSA) is 259 Å². The molecule has 1 aromatic rings. The Labute approximate surface area is 197 Å². The molecule has 4 atom stereocenters. The first-order chi connectivity index (χ1) is 16.2. The number of phosphoric ester groups is 1. The Bertz CT molecular complexity index is 1200. The molecule has 1 fully saturated rings. The minimum Gasteiger partial charge on any atom is -0.367 e. The molecular formula is C15H24N3O14P3. The lowest BCUT2D eigenvalue weighted by Gasteiger charge is -2.19. The van der Waals surface area contributed by atoms with Crippen LogP contribution in [0, 0.1) is 11.8 Å². The molecule has 7 N–H and O–H groups in total. The smallest absolute Gasteiger partial charge is 0.367 e. The number of nitrogens with two attached hydrogens (primary N) is 1. The van der Waals surface area contributed by atoms with Gasteiger partial charge in [0, 0.05) is 24.7 Å². The Morgan fingerprint density at radius 2 is 1.83 bits per heavy atom. The van der Waals surface area contributed by atoms with Crippen molar-refractivity contribution in [3.63, 3.8) is 0 Å². The zero-order chi connectivity index (χ0) is 26.3. The summed E-state index contributed by atoms with van der Waals surface area (Å²) in [4.78, 5) is 62.1. The number of ether oxygens (including phenoxy) is 2. The zero-order valence-electron chi connectivity index (χ0n) is 17.9. The molecular weight excluding hydrogens is 539 g/mol. The highest BCUT2D eigenvalue weighted by atomic mass is 31.3. The van der Waals surface area contributed by atoms with E-state index in [1.165, 1.54) is 6.20 Å². The fraction of sp³-hybridized carbons (Fsp3) is 0.600. The summed E-state index contributed by atoms with van der Waals surface area (Å²) >= 11 is 0. The first-order valence-corrected chi connectivity index (χ1v) is 14.2. The molecule has 198 valence electrons. The SMILES string of the molecule is NCCOCC#CCc1cn([C@H]2CC[C@@H](COP(=O)(O)OP(=O)(O)OP(=O)(O)O)O2)c(=O)[nH]c1=O. The number of hydrogen-bond acceptors (Lipinski definition) is 11. The van der Waals surface area contributed by atoms with Gasteiger partial charge in [-0.1, -0.05) is 11.8 Å². The van der Waals surface area contributed by atoms with E-state index in [-0.39, 0.29) is 31.4 Å². The van der Waals surface area contributed by atoms with Crippen LogP contribution in [0.5, 0.6) is 0 Å². The van der Waals surface area contributed by atoms with Crippen molar-refractivity contribution in [2.24, 2.45) is 5.73 Å². The summed E-state index contributed by atoms with van der Waals surface area (Å²) in [7, 11) is -16.4. The van der Waals surface area contributed by atoms with Gasteiger partial charge in [0.1, 0.15) is 12.8 Å². The van der Waals surface area contributed by atoms with Gasteiger partial charge in [-0.2, -0.15) is 8.62 Å². The molecule has 2 unspecified atom stereocenters. The highest BCUT2D eigenvalue weighted by Gasteiger charge is 2.41. The van der Waals surface area contributed by atoms with E-state index in [1.54, 1.807) is 0 Å². The third-order valence-electron chi connectivity index (χ3n) is 4.12. The molecule has 1 aromatic heterocycles. The van der Waals surface area contributed by atoms with Gasteiger partial charge in [-0.05, 0) is 12.8 Å². The predicted octanol–water partition coefficient (Wildman–Crippen LogP) is -0.921. The van der Waals surface area contributed by atoms with Crippen LogP contribution in [0.4, 0.5) is 0 Å². The van der Waals surface area contributed by atoms with Gasteiger partial charge >= 0.3 is 29.2 Å². The van der Waals surface area contributed by atoms with E-state index in [2.05, 4.69) is 30.0 Å². The third kappa shape index (κ3) is 10.6. The van der Waals surface area contributed by atoms with Crippen LogP contribution in [0.1, 0.15) is 24.6 Å². The Morgan fingerprint density at radius 3 is 2.49 bits per heavy atom. The van der Waals surface area contributed by atoms with Gasteiger partial charge < -0.3 is 34.8 Å². The minimum atomic E-state index is -5.64. The summed E-state index contributed by atoms with van der Waals surface area (Å²) in [6.45, 7) is 0.148. The second-order valence-corrected chi connectivity index (χ2v) is 11.3. The van der Waals surface area contributed by atoms with Crippen LogP contribution < -0.4 is 17.0 Å². The van der Waals surface area contributed by atoms with Gasteiger partial charge in [0.2, 0.25) is 0 Å². The van der Waals surface area contributed by atoms with Crippen LogP contribution >= 0.6 is 23.5 Å². The van der Waals surface area contributed by atoms with Crippen molar-refractivity contribution in [2.75, 3.05) is 26.4 Å². The van der Waals surface area contributed by atoms with Crippen LogP contribution in [0.3, 0.4) is 0 Å². The number of H-pyrrole nitrogens is 1. The van der Waals surface area contributed by atoms with E-state index >= 15 is 0 Å². The molecule has 2 rings (SSSR count). The number of aromatic nitrogens is 2. The van der Waals surface area contributed by atoms with Gasteiger partial charge in [0.15, 0.2) is 0 Å². The molecule has 20 heteroatoms. The Morgan fingerprint density at radius 1 is 1.11 bits per heavy atom. The fourth-order valence-corrected chi connectivity index (χ4v) is 5.83. The van der Waals surface area contributed by atoms with Crippen molar-refractivity contribution < 1.29 is 55.9 Å². The number of nitrogens with one attached hydrogen (secondary N) is 1. The molecule has 35 heavy (non-hydrogen) atoms. The summed E-state index contributed by atoms with van der Waals surface area (Å²) in [5, 5.41) is 0. The van der Waals surface area contributed by atoms with Crippen LogP contribution in [-0.2, 0) is 42.7 Å². The molecule has 0 aliphatic carbocycles. The van der Waals surface area contributed by atoms with E-state index in [1.807, 2.05) is 0 Å². The van der Waals surface area contributed by atoms with Gasteiger partial charge in [-0.15, -0.1) is 0 Å². The predicted molar refractivity (Wildman–Crippen MR) is 116 cm³/mol. The van der Waals surface area contributed by atoms with Gasteiger partial charge in [0.25, 0.3) is 5.56 Å². The number of phosphoric acid groups is 3. The standard InChI is InChI=1S/C15H24N3O14P3/c16-6-8-28-7-2-1-3-11-9-18(15(20)17-14(11)19)13-5-4-12(30-13)10-29-34(24,25)32-35(26,27)31-33(21,22)23/h9,12-13H,3-8,10,16H2,(H,24,25)(H,26,27)(H,17,19,20)(H2,21,22,23)/t12-,13+/m0/s1. The van der Waals surface area contributed by atoms with Crippen molar-refractivity contribution in [3.05, 3.63) is 32.6 Å². The van der Waals surface area contributed by atoms with E-state index in [0.717, 1.165) is 4.57 Å². The van der Waals surface area contributed by atoms with Crippen molar-refractivity contribution in [1.29, 1.82) is 0 Å². The molecule has 0 radical (unpaired) electrons. The Balaban J connectivity index is 1.97. The summed E-state index contributed by atoms with van der Waals surface area (Å²) in [6, 6.07) is 0. The van der Waals surface area contributed by atoms with Crippen molar-refractivity contribution >= 4 is 23.5 Å². The maximum absolute atomic E-state index is 12.2. The third-order valence-corrected chi connectivity index (χ3v) is 7.92. The number of rotatable bonds is 12. The molecule has 0 bridgehead atoms. The molecule has 0 spiro atoms. The van der Waals surface area contributed by atoms with Crippen LogP contribution in [0.15, 0.2) is 15.8 Å². The number of aromatic amines is 1. The first kappa shape index (κ1) is 29.8. The molecule has 1 aliphatic heterocycles. The van der Waals surface area contributed by atoms with Gasteiger partial charge in [-0.25, -0.2) is 18.5 Å². The summed E-state index contributed by atoms with van der Waals surface area (Å²) in [5.74, 6) is 5.43. The van der Waals surface area contributed by atoms with Crippen molar-refractivity contribution in [2.45, 2.75) is 31.6 Å². The van der Waals surface area contributed by atoms with E-state index in [0.29, 0.717) is 13.2 Å². The molecule has 0 saturated carbocycles. The van der Waals surface area contributed by atoms with Gasteiger partial charge in [0.05, 0.1) is 19.3 Å². The minimum absolute atomic E-state index is 0.0176. The molecule has 1 saturated heterocycles. The van der Waals surface area contributed by atoms with Crippen molar-refractivity contribution in [1.82, 2.24) is 9.55 Å². The molecule has 2 heterocycles. The number of nitrogens with zero attached hydrogens (tertiary/aromatic N) is 1. The first-order valence-electron chi connectivity index (χ1n) is 9.73. The second kappa shape index (κ2) is 12.7. The lowest BCUT2D eigenvalue weighted by Crippen LogP contribution is -2.34. The average Bonchev–Trinajstić information content (AvgIpc) is 3.16. The fourth-order valence-electron chi connectivity index (χ4n) is 2.78. The maximum Gasteiger partial charge on any atom is 0.490 e. The maximum atomic E-state index is 12.2. The highest BCUT2D eigenvalue weighted by molar-refractivity contribution is 7.66. The second-order valence-electron chi connectivity index (χ2n) is 6.87. The van der Waals surface area contributed by atoms with E-state index in [9.17, 15) is 28.2 Å². The zero-order valence-corrected chi connectivity index (χ0v) is 20.6. The summed E-state index contributed by atoms with van der Waals surface area (Å²) in [6.07, 6.45) is -0.0378. The molecule has 0 amide bonds. The lowest BCUT2D eigenvalue weighted by atomic mass is 10.2. The molecule has 1 aliphatic rings. The van der Waals surface area contributed by atoms with E-state index in [4.69, 9.17) is 29.9 Å². The molecule has 17 nitrogen and oxygen atoms in total. The normalized spacial score (nSPS) is 21.6. The largest absolute Gasteiger partial charge is 0.490 e. The van der Waals surface area contributed by atoms with Gasteiger partial charge in [-0.3, -0.25) is 18.9 Å². The lowest BCUT2D eigenvalue weighted by molar-refractivity contribution is -0.0244. The summed E-state index contributed by atoms with van der Waals surface area (Å²) in [5.41, 5.74) is 4.06. The Kier molecular flexibility index (Phi) is 10.8.